The average Bonchev–Trinajstić information content (AvgIpc) is 2.93. The van der Waals surface area contributed by atoms with Gasteiger partial charge in [-0.1, -0.05) is 30.3 Å². The minimum absolute atomic E-state index is 0.0202. The molecule has 1 aliphatic rings. The van der Waals surface area contributed by atoms with Gasteiger partial charge in [0.25, 0.3) is 0 Å². The van der Waals surface area contributed by atoms with Crippen LogP contribution in [-0.2, 0) is 6.42 Å². The van der Waals surface area contributed by atoms with Crippen molar-refractivity contribution in [2.75, 3.05) is 0 Å². The normalized spacial score (nSPS) is 27.3. The third-order valence-corrected chi connectivity index (χ3v) is 5.12. The van der Waals surface area contributed by atoms with E-state index in [1.165, 1.54) is 24.0 Å². The first-order chi connectivity index (χ1) is 9.25. The first kappa shape index (κ1) is 12.9. The number of hydrogen-bond donors (Lipinski definition) is 1. The Labute approximate surface area is 119 Å². The molecule has 0 saturated heterocycles. The fourth-order valence-corrected chi connectivity index (χ4v) is 3.90. The highest BCUT2D eigenvalue weighted by Crippen LogP contribution is 2.38. The molecule has 2 N–H and O–H groups in total. The zero-order chi connectivity index (χ0) is 13.1. The van der Waals surface area contributed by atoms with E-state index >= 15 is 0 Å². The first-order valence-electron chi connectivity index (χ1n) is 7.10. The second-order valence-electron chi connectivity index (χ2n) is 5.86. The minimum atomic E-state index is 0.0202. The molecule has 1 aliphatic carbocycles. The van der Waals surface area contributed by atoms with Crippen LogP contribution >= 0.6 is 11.3 Å². The van der Waals surface area contributed by atoms with E-state index in [1.807, 2.05) is 0 Å². The quantitative estimate of drug-likeness (QED) is 0.882. The van der Waals surface area contributed by atoms with Crippen LogP contribution < -0.4 is 5.73 Å². The third-order valence-electron chi connectivity index (χ3n) is 4.39. The average molecular weight is 271 g/mol. The number of rotatable bonds is 3. The molecule has 0 spiro atoms. The van der Waals surface area contributed by atoms with Gasteiger partial charge < -0.3 is 5.73 Å². The molecule has 0 amide bonds. The summed E-state index contributed by atoms with van der Waals surface area (Å²) in [6.45, 7) is 0. The SMILES string of the molecule is NC1(Cc2ccsc2)CCC(c2ccccc2)CC1. The predicted octanol–water partition coefficient (Wildman–Crippen LogP) is 4.35. The minimum Gasteiger partial charge on any atom is -0.325 e. The van der Waals surface area contributed by atoms with Crippen molar-refractivity contribution < 1.29 is 0 Å². The Hall–Kier alpha value is -1.12. The van der Waals surface area contributed by atoms with Crippen molar-refractivity contribution in [1.82, 2.24) is 0 Å². The van der Waals surface area contributed by atoms with Crippen LogP contribution in [0.5, 0.6) is 0 Å². The summed E-state index contributed by atoms with van der Waals surface area (Å²) in [4.78, 5) is 0. The van der Waals surface area contributed by atoms with Crippen LogP contribution in [0.1, 0.15) is 42.7 Å². The van der Waals surface area contributed by atoms with E-state index in [2.05, 4.69) is 47.2 Å². The van der Waals surface area contributed by atoms with E-state index in [9.17, 15) is 0 Å². The molecule has 0 atom stereocenters. The van der Waals surface area contributed by atoms with Crippen molar-refractivity contribution in [3.8, 4) is 0 Å². The van der Waals surface area contributed by atoms with Gasteiger partial charge in [-0.05, 0) is 66.0 Å². The summed E-state index contributed by atoms with van der Waals surface area (Å²) in [5.74, 6) is 0.709. The maximum absolute atomic E-state index is 6.60. The Morgan fingerprint density at radius 2 is 1.84 bits per heavy atom. The lowest BCUT2D eigenvalue weighted by Crippen LogP contribution is -2.44. The monoisotopic (exact) mass is 271 g/mol. The van der Waals surface area contributed by atoms with Crippen LogP contribution in [0.15, 0.2) is 47.2 Å². The Balaban J connectivity index is 1.62. The molecule has 0 aliphatic heterocycles. The van der Waals surface area contributed by atoms with Crippen LogP contribution in [0, 0.1) is 0 Å². The molecule has 2 aromatic rings. The van der Waals surface area contributed by atoms with Gasteiger partial charge in [0, 0.05) is 5.54 Å². The summed E-state index contributed by atoms with van der Waals surface area (Å²) in [6, 6.07) is 13.1. The molecule has 1 fully saturated rings. The molecule has 1 aromatic carbocycles. The van der Waals surface area contributed by atoms with Gasteiger partial charge in [-0.25, -0.2) is 0 Å². The van der Waals surface area contributed by atoms with Crippen LogP contribution in [-0.4, -0.2) is 5.54 Å². The topological polar surface area (TPSA) is 26.0 Å². The molecule has 0 bridgehead atoms. The van der Waals surface area contributed by atoms with Gasteiger partial charge in [0.2, 0.25) is 0 Å². The molecule has 2 heteroatoms. The maximum atomic E-state index is 6.60. The summed E-state index contributed by atoms with van der Waals surface area (Å²) < 4.78 is 0. The van der Waals surface area contributed by atoms with Gasteiger partial charge >= 0.3 is 0 Å². The largest absolute Gasteiger partial charge is 0.325 e. The lowest BCUT2D eigenvalue weighted by Gasteiger charge is -2.37. The van der Waals surface area contributed by atoms with Gasteiger partial charge in [-0.15, -0.1) is 0 Å². The van der Waals surface area contributed by atoms with E-state index in [1.54, 1.807) is 11.3 Å². The number of thiophene rings is 1. The van der Waals surface area contributed by atoms with Gasteiger partial charge in [0.15, 0.2) is 0 Å². The lowest BCUT2D eigenvalue weighted by molar-refractivity contribution is 0.271. The molecule has 1 saturated carbocycles. The second kappa shape index (κ2) is 5.48. The molecule has 0 radical (unpaired) electrons. The third kappa shape index (κ3) is 3.07. The van der Waals surface area contributed by atoms with Crippen molar-refractivity contribution in [3.63, 3.8) is 0 Å². The highest BCUT2D eigenvalue weighted by molar-refractivity contribution is 7.07. The molecule has 0 unspecified atom stereocenters. The van der Waals surface area contributed by atoms with E-state index in [4.69, 9.17) is 5.73 Å². The van der Waals surface area contributed by atoms with Crippen molar-refractivity contribution in [1.29, 1.82) is 0 Å². The van der Waals surface area contributed by atoms with Gasteiger partial charge in [0.1, 0.15) is 0 Å². The van der Waals surface area contributed by atoms with E-state index < -0.39 is 0 Å². The summed E-state index contributed by atoms with van der Waals surface area (Å²) in [6.07, 6.45) is 5.78. The van der Waals surface area contributed by atoms with Crippen molar-refractivity contribution in [2.45, 2.75) is 43.6 Å². The van der Waals surface area contributed by atoms with E-state index in [0.29, 0.717) is 5.92 Å². The fraction of sp³-hybridized carbons (Fsp3) is 0.412. The van der Waals surface area contributed by atoms with Crippen LogP contribution in [0.25, 0.3) is 0 Å². The van der Waals surface area contributed by atoms with Gasteiger partial charge in [-0.2, -0.15) is 11.3 Å². The van der Waals surface area contributed by atoms with Crippen LogP contribution in [0.2, 0.25) is 0 Å². The van der Waals surface area contributed by atoms with Crippen LogP contribution in [0.3, 0.4) is 0 Å². The van der Waals surface area contributed by atoms with Gasteiger partial charge in [-0.3, -0.25) is 0 Å². The molecular formula is C17H21NS. The molecule has 19 heavy (non-hydrogen) atoms. The van der Waals surface area contributed by atoms with E-state index in [0.717, 1.165) is 19.3 Å². The zero-order valence-electron chi connectivity index (χ0n) is 11.2. The smallest absolute Gasteiger partial charge is 0.0195 e. The molecule has 100 valence electrons. The Morgan fingerprint density at radius 3 is 2.47 bits per heavy atom. The predicted molar refractivity (Wildman–Crippen MR) is 82.6 cm³/mol. The summed E-state index contributed by atoms with van der Waals surface area (Å²) in [7, 11) is 0. The summed E-state index contributed by atoms with van der Waals surface area (Å²) in [5.41, 5.74) is 9.51. The highest BCUT2D eigenvalue weighted by Gasteiger charge is 2.32. The van der Waals surface area contributed by atoms with Crippen LogP contribution in [0.4, 0.5) is 0 Å². The number of nitrogens with two attached hydrogens (primary N) is 1. The Bertz CT molecular complexity index is 495. The Morgan fingerprint density at radius 1 is 1.11 bits per heavy atom. The number of hydrogen-bond acceptors (Lipinski definition) is 2. The zero-order valence-corrected chi connectivity index (χ0v) is 12.0. The van der Waals surface area contributed by atoms with Crippen molar-refractivity contribution >= 4 is 11.3 Å². The standard InChI is InChI=1S/C17H21NS/c18-17(12-14-8-11-19-13-14)9-6-16(7-10-17)15-4-2-1-3-5-15/h1-5,8,11,13,16H,6-7,9-10,12,18H2. The summed E-state index contributed by atoms with van der Waals surface area (Å²) in [5, 5.41) is 4.38. The molecular weight excluding hydrogens is 250 g/mol. The van der Waals surface area contributed by atoms with Crippen molar-refractivity contribution in [2.24, 2.45) is 5.73 Å². The number of benzene rings is 1. The maximum Gasteiger partial charge on any atom is 0.0195 e. The van der Waals surface area contributed by atoms with E-state index in [-0.39, 0.29) is 5.54 Å². The Kier molecular flexibility index (Phi) is 3.72. The second-order valence-corrected chi connectivity index (χ2v) is 6.64. The molecule has 1 nitrogen and oxygen atoms in total. The highest BCUT2D eigenvalue weighted by atomic mass is 32.1. The molecule has 1 aromatic heterocycles. The lowest BCUT2D eigenvalue weighted by atomic mass is 9.72. The summed E-state index contributed by atoms with van der Waals surface area (Å²) >= 11 is 1.77. The first-order valence-corrected chi connectivity index (χ1v) is 8.04. The molecule has 1 heterocycles. The van der Waals surface area contributed by atoms with Gasteiger partial charge in [0.05, 0.1) is 0 Å². The van der Waals surface area contributed by atoms with Crippen molar-refractivity contribution in [3.05, 3.63) is 58.3 Å². The fourth-order valence-electron chi connectivity index (χ4n) is 3.23. The molecule has 3 rings (SSSR count).